The van der Waals surface area contributed by atoms with Gasteiger partial charge in [0, 0.05) is 12.6 Å². The second kappa shape index (κ2) is 6.79. The van der Waals surface area contributed by atoms with Gasteiger partial charge >= 0.3 is 6.03 Å². The third-order valence-corrected chi connectivity index (χ3v) is 5.28. The van der Waals surface area contributed by atoms with E-state index in [1.807, 2.05) is 13.0 Å². The van der Waals surface area contributed by atoms with Gasteiger partial charge in [0.25, 0.3) is 5.91 Å². The van der Waals surface area contributed by atoms with Crippen LogP contribution in [0.2, 0.25) is 0 Å². The lowest BCUT2D eigenvalue weighted by Gasteiger charge is -2.34. The third kappa shape index (κ3) is 3.03. The zero-order valence-corrected chi connectivity index (χ0v) is 15.0. The predicted molar refractivity (Wildman–Crippen MR) is 93.8 cm³/mol. The highest BCUT2D eigenvalue weighted by Gasteiger charge is 2.49. The van der Waals surface area contributed by atoms with E-state index in [4.69, 9.17) is 5.26 Å². The second-order valence-electron chi connectivity index (χ2n) is 7.07. The molecule has 2 unspecified atom stereocenters. The van der Waals surface area contributed by atoms with Gasteiger partial charge in [0.05, 0.1) is 11.6 Å². The number of rotatable bonds is 3. The van der Waals surface area contributed by atoms with E-state index in [0.29, 0.717) is 17.7 Å². The highest BCUT2D eigenvalue weighted by atomic mass is 16.2. The smallest absolute Gasteiger partial charge is 0.325 e. The predicted octanol–water partition coefficient (Wildman–Crippen LogP) is 1.73. The van der Waals surface area contributed by atoms with Crippen LogP contribution in [-0.2, 0) is 15.1 Å². The molecule has 1 N–H and O–H groups in total. The summed E-state index contributed by atoms with van der Waals surface area (Å²) in [5.74, 6) is -0.657. The van der Waals surface area contributed by atoms with Gasteiger partial charge < -0.3 is 10.2 Å². The Kier molecular flexibility index (Phi) is 4.68. The average molecular weight is 354 g/mol. The Labute approximate surface area is 152 Å². The molecule has 3 rings (SSSR count). The fourth-order valence-corrected chi connectivity index (χ4v) is 3.61. The van der Waals surface area contributed by atoms with Crippen LogP contribution < -0.4 is 5.32 Å². The number of benzene rings is 1. The van der Waals surface area contributed by atoms with E-state index in [9.17, 15) is 14.4 Å². The van der Waals surface area contributed by atoms with Crippen LogP contribution >= 0.6 is 0 Å². The molecular formula is C19H22N4O3. The van der Waals surface area contributed by atoms with E-state index in [1.54, 1.807) is 36.1 Å². The lowest BCUT2D eigenvalue weighted by Crippen LogP contribution is -2.48. The molecule has 2 saturated heterocycles. The molecule has 2 fully saturated rings. The number of nitriles is 1. The summed E-state index contributed by atoms with van der Waals surface area (Å²) in [6, 6.07) is 8.07. The molecule has 7 nitrogen and oxygen atoms in total. The monoisotopic (exact) mass is 354 g/mol. The van der Waals surface area contributed by atoms with Crippen LogP contribution in [0.4, 0.5) is 4.79 Å². The van der Waals surface area contributed by atoms with Gasteiger partial charge in [-0.05, 0) is 50.8 Å². The van der Waals surface area contributed by atoms with Crippen molar-refractivity contribution in [2.75, 3.05) is 13.1 Å². The van der Waals surface area contributed by atoms with Crippen molar-refractivity contribution in [3.63, 3.8) is 0 Å². The zero-order valence-electron chi connectivity index (χ0n) is 15.0. The molecule has 0 radical (unpaired) electrons. The topological polar surface area (TPSA) is 93.5 Å². The number of carbonyl (C=O) groups is 3. The van der Waals surface area contributed by atoms with Crippen molar-refractivity contribution >= 4 is 17.8 Å². The number of amides is 4. The zero-order chi connectivity index (χ0) is 18.9. The molecule has 136 valence electrons. The minimum atomic E-state index is -1.24. The summed E-state index contributed by atoms with van der Waals surface area (Å²) in [5, 5.41) is 11.6. The van der Waals surface area contributed by atoms with Crippen molar-refractivity contribution in [1.82, 2.24) is 15.1 Å². The standard InChI is InChI=1S/C19H22N4O3/c1-13-5-3-4-10-22(13)16(24)12-23-17(25)19(2,21-18(23)26)15-8-6-14(11-20)7-9-15/h6-9,13H,3-5,10,12H2,1-2H3,(H,21,26). The van der Waals surface area contributed by atoms with Crippen molar-refractivity contribution in [3.05, 3.63) is 35.4 Å². The summed E-state index contributed by atoms with van der Waals surface area (Å²) in [7, 11) is 0. The molecule has 0 aliphatic carbocycles. The van der Waals surface area contributed by atoms with Gasteiger partial charge in [-0.25, -0.2) is 4.79 Å². The van der Waals surface area contributed by atoms with Crippen LogP contribution in [-0.4, -0.2) is 46.8 Å². The number of piperidine rings is 1. The van der Waals surface area contributed by atoms with Crippen molar-refractivity contribution in [1.29, 1.82) is 5.26 Å². The molecule has 26 heavy (non-hydrogen) atoms. The molecule has 0 aromatic heterocycles. The summed E-state index contributed by atoms with van der Waals surface area (Å²) < 4.78 is 0. The Morgan fingerprint density at radius 1 is 1.31 bits per heavy atom. The Hall–Kier alpha value is -2.88. The summed E-state index contributed by atoms with van der Waals surface area (Å²) >= 11 is 0. The second-order valence-corrected chi connectivity index (χ2v) is 7.07. The molecule has 2 aliphatic heterocycles. The van der Waals surface area contributed by atoms with Gasteiger partial charge in [0.2, 0.25) is 5.91 Å². The molecule has 0 saturated carbocycles. The third-order valence-electron chi connectivity index (χ3n) is 5.28. The summed E-state index contributed by atoms with van der Waals surface area (Å²) in [6.07, 6.45) is 2.97. The summed E-state index contributed by atoms with van der Waals surface area (Å²) in [5.41, 5.74) is -0.185. The minimum Gasteiger partial charge on any atom is -0.338 e. The lowest BCUT2D eigenvalue weighted by atomic mass is 9.91. The van der Waals surface area contributed by atoms with Crippen LogP contribution in [0.25, 0.3) is 0 Å². The van der Waals surface area contributed by atoms with Crippen molar-refractivity contribution in [2.45, 2.75) is 44.7 Å². The van der Waals surface area contributed by atoms with E-state index in [0.717, 1.165) is 24.2 Å². The molecule has 0 bridgehead atoms. The first-order valence-electron chi connectivity index (χ1n) is 8.81. The summed E-state index contributed by atoms with van der Waals surface area (Å²) in [4.78, 5) is 40.6. The molecule has 1 aromatic rings. The highest BCUT2D eigenvalue weighted by Crippen LogP contribution is 2.29. The molecule has 4 amide bonds. The number of nitrogens with zero attached hydrogens (tertiary/aromatic N) is 3. The number of carbonyl (C=O) groups excluding carboxylic acids is 3. The molecule has 7 heteroatoms. The largest absolute Gasteiger partial charge is 0.338 e. The normalized spacial score (nSPS) is 25.8. The number of likely N-dealkylation sites (tertiary alicyclic amines) is 1. The number of hydrogen-bond donors (Lipinski definition) is 1. The van der Waals surface area contributed by atoms with E-state index in [1.165, 1.54) is 0 Å². The Morgan fingerprint density at radius 2 is 2.00 bits per heavy atom. The Morgan fingerprint density at radius 3 is 2.62 bits per heavy atom. The molecular weight excluding hydrogens is 332 g/mol. The molecule has 2 aliphatic rings. The van der Waals surface area contributed by atoms with Crippen LogP contribution in [0.5, 0.6) is 0 Å². The van der Waals surface area contributed by atoms with Crippen LogP contribution in [0.3, 0.4) is 0 Å². The minimum absolute atomic E-state index is 0.127. The van der Waals surface area contributed by atoms with Crippen LogP contribution in [0.1, 0.15) is 44.2 Å². The van der Waals surface area contributed by atoms with Gasteiger partial charge in [0.1, 0.15) is 12.1 Å². The maximum absolute atomic E-state index is 12.9. The Bertz CT molecular complexity index is 783. The molecule has 1 aromatic carbocycles. The van der Waals surface area contributed by atoms with Crippen LogP contribution in [0.15, 0.2) is 24.3 Å². The van der Waals surface area contributed by atoms with Crippen molar-refractivity contribution < 1.29 is 14.4 Å². The van der Waals surface area contributed by atoms with Gasteiger partial charge in [-0.1, -0.05) is 12.1 Å². The lowest BCUT2D eigenvalue weighted by molar-refractivity contribution is -0.140. The van der Waals surface area contributed by atoms with E-state index < -0.39 is 17.5 Å². The number of urea groups is 1. The van der Waals surface area contributed by atoms with Crippen LogP contribution in [0, 0.1) is 11.3 Å². The fourth-order valence-electron chi connectivity index (χ4n) is 3.61. The van der Waals surface area contributed by atoms with Crippen molar-refractivity contribution in [3.8, 4) is 6.07 Å². The maximum Gasteiger partial charge on any atom is 0.325 e. The van der Waals surface area contributed by atoms with Gasteiger partial charge in [-0.2, -0.15) is 5.26 Å². The number of nitrogens with one attached hydrogen (secondary N) is 1. The van der Waals surface area contributed by atoms with Gasteiger partial charge in [-0.3, -0.25) is 14.5 Å². The molecule has 2 atom stereocenters. The molecule has 0 spiro atoms. The fraction of sp³-hybridized carbons (Fsp3) is 0.474. The average Bonchev–Trinajstić information content (AvgIpc) is 2.86. The first-order valence-corrected chi connectivity index (χ1v) is 8.81. The van der Waals surface area contributed by atoms with Gasteiger partial charge in [-0.15, -0.1) is 0 Å². The van der Waals surface area contributed by atoms with E-state index >= 15 is 0 Å². The highest BCUT2D eigenvalue weighted by molar-refractivity contribution is 6.09. The van der Waals surface area contributed by atoms with E-state index in [2.05, 4.69) is 5.32 Å². The van der Waals surface area contributed by atoms with Gasteiger partial charge in [0.15, 0.2) is 0 Å². The van der Waals surface area contributed by atoms with E-state index in [-0.39, 0.29) is 18.5 Å². The first-order chi connectivity index (χ1) is 12.4. The maximum atomic E-state index is 12.9. The Balaban J connectivity index is 1.77. The quantitative estimate of drug-likeness (QED) is 0.837. The summed E-state index contributed by atoms with van der Waals surface area (Å²) in [6.45, 7) is 4.02. The first kappa shape index (κ1) is 17.9. The number of hydrogen-bond acceptors (Lipinski definition) is 4. The van der Waals surface area contributed by atoms with Crippen molar-refractivity contribution in [2.24, 2.45) is 0 Å². The molecule has 2 heterocycles. The SMILES string of the molecule is CC1CCCCN1C(=O)CN1C(=O)NC(C)(c2ccc(C#N)cc2)C1=O. The number of imide groups is 1.